The second-order valence-corrected chi connectivity index (χ2v) is 8.39. The van der Waals surface area contributed by atoms with E-state index in [1.165, 1.54) is 16.7 Å². The van der Waals surface area contributed by atoms with Crippen molar-refractivity contribution in [2.75, 3.05) is 33.9 Å². The maximum Gasteiger partial charge on any atom is 0.161 e. The smallest absolute Gasteiger partial charge is 0.161 e. The zero-order valence-corrected chi connectivity index (χ0v) is 18.2. The maximum absolute atomic E-state index is 6.00. The number of fused-ring (bicyclic) bond motifs is 3. The predicted molar refractivity (Wildman–Crippen MR) is 120 cm³/mol. The molecule has 0 unspecified atom stereocenters. The zero-order valence-electron chi connectivity index (χ0n) is 18.2. The number of ether oxygens (including phenoxy) is 3. The Labute approximate surface area is 180 Å². The van der Waals surface area contributed by atoms with Crippen LogP contribution in [0.2, 0.25) is 0 Å². The van der Waals surface area contributed by atoms with Crippen LogP contribution in [0, 0.1) is 11.8 Å². The monoisotopic (exact) mass is 407 g/mol. The van der Waals surface area contributed by atoms with Gasteiger partial charge in [0.2, 0.25) is 0 Å². The van der Waals surface area contributed by atoms with Gasteiger partial charge in [-0.2, -0.15) is 0 Å². The molecule has 0 N–H and O–H groups in total. The average molecular weight is 408 g/mol. The van der Waals surface area contributed by atoms with Crippen molar-refractivity contribution in [2.24, 2.45) is 11.8 Å². The van der Waals surface area contributed by atoms with Gasteiger partial charge in [0.15, 0.2) is 11.5 Å². The molecule has 2 aromatic rings. The van der Waals surface area contributed by atoms with Gasteiger partial charge in [-0.05, 0) is 59.9 Å². The van der Waals surface area contributed by atoms with E-state index in [1.807, 2.05) is 6.07 Å². The lowest BCUT2D eigenvalue weighted by molar-refractivity contribution is 0.0436. The molecule has 4 heteroatoms. The van der Waals surface area contributed by atoms with E-state index in [1.54, 1.807) is 14.2 Å². The highest BCUT2D eigenvalue weighted by Gasteiger charge is 2.38. The Bertz CT molecular complexity index is 851. The summed E-state index contributed by atoms with van der Waals surface area (Å²) in [5.41, 5.74) is 4.02. The Morgan fingerprint density at radius 1 is 1.10 bits per heavy atom. The van der Waals surface area contributed by atoms with Crippen molar-refractivity contribution in [1.29, 1.82) is 0 Å². The molecule has 0 amide bonds. The Balaban J connectivity index is 1.44. The predicted octanol–water partition coefficient (Wildman–Crippen LogP) is 5.03. The molecule has 0 bridgehead atoms. The third kappa shape index (κ3) is 4.40. The first-order valence-corrected chi connectivity index (χ1v) is 11.0. The summed E-state index contributed by atoms with van der Waals surface area (Å²) in [6.45, 7) is 7.77. The minimum Gasteiger partial charge on any atom is -0.493 e. The van der Waals surface area contributed by atoms with Crippen LogP contribution < -0.4 is 9.47 Å². The van der Waals surface area contributed by atoms with Crippen LogP contribution in [0.25, 0.3) is 0 Å². The second kappa shape index (κ2) is 9.67. The largest absolute Gasteiger partial charge is 0.493 e. The fraction of sp³-hybridized carbons (Fsp3) is 0.462. The molecule has 4 rings (SSSR count). The summed E-state index contributed by atoms with van der Waals surface area (Å²) in [6.07, 6.45) is 5.41. The van der Waals surface area contributed by atoms with E-state index in [-0.39, 0.29) is 0 Å². The van der Waals surface area contributed by atoms with Gasteiger partial charge in [0.1, 0.15) is 0 Å². The van der Waals surface area contributed by atoms with Crippen LogP contribution in [0.4, 0.5) is 0 Å². The van der Waals surface area contributed by atoms with Crippen molar-refractivity contribution in [2.45, 2.75) is 31.9 Å². The Morgan fingerprint density at radius 2 is 1.87 bits per heavy atom. The number of benzene rings is 2. The number of hydrogen-bond donors (Lipinski definition) is 0. The molecule has 30 heavy (non-hydrogen) atoms. The number of piperidine rings is 1. The lowest BCUT2D eigenvalue weighted by atomic mass is 9.75. The van der Waals surface area contributed by atoms with E-state index < -0.39 is 0 Å². The Morgan fingerprint density at radius 3 is 2.60 bits per heavy atom. The molecule has 2 aliphatic rings. The van der Waals surface area contributed by atoms with Crippen LogP contribution in [0.3, 0.4) is 0 Å². The summed E-state index contributed by atoms with van der Waals surface area (Å²) in [6, 6.07) is 15.2. The number of hydrogen-bond acceptors (Lipinski definition) is 4. The van der Waals surface area contributed by atoms with Crippen LogP contribution in [-0.2, 0) is 17.8 Å². The molecule has 0 saturated carbocycles. The SMILES string of the molecule is C=C[C@@H]1CN2CCc3cc(OC)c(OC)cc3[C@@H]2C[C@@H]1CCOCc1ccccc1. The Kier molecular flexibility index (Phi) is 6.76. The maximum atomic E-state index is 6.00. The van der Waals surface area contributed by atoms with Crippen molar-refractivity contribution in [3.05, 3.63) is 71.8 Å². The summed E-state index contributed by atoms with van der Waals surface area (Å²) in [4.78, 5) is 2.63. The van der Waals surface area contributed by atoms with Crippen molar-refractivity contribution < 1.29 is 14.2 Å². The first kappa shape index (κ1) is 21.0. The van der Waals surface area contributed by atoms with E-state index in [2.05, 4.69) is 54.0 Å². The summed E-state index contributed by atoms with van der Waals surface area (Å²) in [5.74, 6) is 2.75. The highest BCUT2D eigenvalue weighted by Crippen LogP contribution is 2.45. The highest BCUT2D eigenvalue weighted by atomic mass is 16.5. The molecule has 4 nitrogen and oxygen atoms in total. The molecule has 0 radical (unpaired) electrons. The van der Waals surface area contributed by atoms with Gasteiger partial charge in [-0.15, -0.1) is 6.58 Å². The van der Waals surface area contributed by atoms with Gasteiger partial charge in [0.25, 0.3) is 0 Å². The number of methoxy groups -OCH3 is 2. The molecule has 1 saturated heterocycles. The second-order valence-electron chi connectivity index (χ2n) is 8.39. The number of nitrogens with zero attached hydrogens (tertiary/aromatic N) is 1. The molecule has 2 heterocycles. The Hall–Kier alpha value is -2.30. The molecular weight excluding hydrogens is 374 g/mol. The van der Waals surface area contributed by atoms with Crippen LogP contribution >= 0.6 is 0 Å². The number of rotatable bonds is 8. The van der Waals surface area contributed by atoms with Gasteiger partial charge >= 0.3 is 0 Å². The minimum absolute atomic E-state index is 0.434. The third-order valence-corrected chi connectivity index (χ3v) is 6.74. The van der Waals surface area contributed by atoms with Crippen molar-refractivity contribution >= 4 is 0 Å². The van der Waals surface area contributed by atoms with Gasteiger partial charge in [0, 0.05) is 25.7 Å². The molecule has 3 atom stereocenters. The van der Waals surface area contributed by atoms with E-state index >= 15 is 0 Å². The molecular formula is C26H33NO3. The molecule has 2 aliphatic heterocycles. The average Bonchev–Trinajstić information content (AvgIpc) is 2.80. The molecule has 1 fully saturated rings. The summed E-state index contributed by atoms with van der Waals surface area (Å²) >= 11 is 0. The van der Waals surface area contributed by atoms with E-state index in [9.17, 15) is 0 Å². The summed E-state index contributed by atoms with van der Waals surface area (Å²) in [7, 11) is 3.42. The molecule has 160 valence electrons. The molecule has 0 spiro atoms. The van der Waals surface area contributed by atoms with Gasteiger partial charge in [-0.25, -0.2) is 0 Å². The quantitative estimate of drug-likeness (QED) is 0.454. The molecule has 0 aromatic heterocycles. The zero-order chi connectivity index (χ0) is 20.9. The van der Waals surface area contributed by atoms with Gasteiger partial charge in [0.05, 0.1) is 20.8 Å². The fourth-order valence-corrected chi connectivity index (χ4v) is 5.05. The van der Waals surface area contributed by atoms with Gasteiger partial charge in [-0.3, -0.25) is 4.90 Å². The van der Waals surface area contributed by atoms with Crippen LogP contribution in [-0.4, -0.2) is 38.8 Å². The topological polar surface area (TPSA) is 30.9 Å². The summed E-state index contributed by atoms with van der Waals surface area (Å²) in [5, 5.41) is 0. The lowest BCUT2D eigenvalue weighted by Crippen LogP contribution is -2.45. The fourth-order valence-electron chi connectivity index (χ4n) is 5.05. The van der Waals surface area contributed by atoms with Crippen molar-refractivity contribution in [1.82, 2.24) is 4.90 Å². The third-order valence-electron chi connectivity index (χ3n) is 6.74. The summed E-state index contributed by atoms with van der Waals surface area (Å²) < 4.78 is 17.1. The minimum atomic E-state index is 0.434. The lowest BCUT2D eigenvalue weighted by Gasteiger charge is -2.46. The molecule has 2 aromatic carbocycles. The standard InChI is InChI=1S/C26H33NO3/c1-4-20-17-27-12-10-22-15-25(28-2)26(29-3)16-23(22)24(27)14-21(20)11-13-30-18-19-8-6-5-7-9-19/h4-9,15-16,20-21,24H,1,10-14,17-18H2,2-3H3/t20-,21+,24+/m1/s1. The van der Waals surface area contributed by atoms with E-state index in [4.69, 9.17) is 14.2 Å². The van der Waals surface area contributed by atoms with Gasteiger partial charge < -0.3 is 14.2 Å². The highest BCUT2D eigenvalue weighted by molar-refractivity contribution is 5.49. The van der Waals surface area contributed by atoms with E-state index in [0.717, 1.165) is 50.5 Å². The first-order chi connectivity index (χ1) is 14.7. The first-order valence-electron chi connectivity index (χ1n) is 11.0. The van der Waals surface area contributed by atoms with Crippen molar-refractivity contribution in [3.8, 4) is 11.5 Å². The van der Waals surface area contributed by atoms with Crippen LogP contribution in [0.1, 0.15) is 35.6 Å². The van der Waals surface area contributed by atoms with Gasteiger partial charge in [-0.1, -0.05) is 36.4 Å². The van der Waals surface area contributed by atoms with Crippen LogP contribution in [0.5, 0.6) is 11.5 Å². The van der Waals surface area contributed by atoms with Crippen molar-refractivity contribution in [3.63, 3.8) is 0 Å². The van der Waals surface area contributed by atoms with Crippen LogP contribution in [0.15, 0.2) is 55.1 Å². The van der Waals surface area contributed by atoms with E-state index in [0.29, 0.717) is 24.5 Å². The normalized spacial score (nSPS) is 23.3. The molecule has 0 aliphatic carbocycles.